The maximum atomic E-state index is 12.2. The average molecular weight is 394 g/mol. The van der Waals surface area contributed by atoms with E-state index >= 15 is 0 Å². The summed E-state index contributed by atoms with van der Waals surface area (Å²) in [4.78, 5) is 14.5. The van der Waals surface area contributed by atoms with Gasteiger partial charge in [0.2, 0.25) is 0 Å². The third-order valence-corrected chi connectivity index (χ3v) is 6.14. The number of hydrogen-bond donors (Lipinski definition) is 2. The average Bonchev–Trinajstić information content (AvgIpc) is 2.76. The summed E-state index contributed by atoms with van der Waals surface area (Å²) < 4.78 is 0. The third-order valence-electron chi connectivity index (χ3n) is 6.14. The molecule has 1 aromatic carbocycles. The molecule has 0 spiro atoms. The lowest BCUT2D eigenvalue weighted by atomic mass is 9.96. The Morgan fingerprint density at radius 2 is 1.66 bits per heavy atom. The van der Waals surface area contributed by atoms with Gasteiger partial charge < -0.3 is 15.5 Å². The van der Waals surface area contributed by atoms with Gasteiger partial charge in [-0.2, -0.15) is 0 Å². The Bertz CT molecular complexity index is 791. The van der Waals surface area contributed by atoms with Crippen molar-refractivity contribution in [1.29, 1.82) is 0 Å². The Hall–Kier alpha value is -2.63. The van der Waals surface area contributed by atoms with Crippen LogP contribution < -0.4 is 15.5 Å². The summed E-state index contributed by atoms with van der Waals surface area (Å²) in [6.07, 6.45) is 8.28. The van der Waals surface area contributed by atoms with Gasteiger partial charge in [-0.15, -0.1) is 10.2 Å². The molecule has 0 radical (unpaired) electrons. The summed E-state index contributed by atoms with van der Waals surface area (Å²) in [6, 6.07) is 12.0. The van der Waals surface area contributed by atoms with Gasteiger partial charge in [0.15, 0.2) is 5.82 Å². The number of hydrogen-bond acceptors (Lipinski definition) is 4. The van der Waals surface area contributed by atoms with Gasteiger partial charge in [-0.05, 0) is 55.9 Å². The topological polar surface area (TPSA) is 70.2 Å². The smallest absolute Gasteiger partial charge is 0.319 e. The Kier molecular flexibility index (Phi) is 6.27. The highest BCUT2D eigenvalue weighted by atomic mass is 16.2. The molecule has 0 atom stereocenters. The van der Waals surface area contributed by atoms with Crippen LogP contribution in [0.1, 0.15) is 51.9 Å². The standard InChI is InChI=1S/C23H31N5O/c1-17-13-15-28(16-14-17)22-12-11-21(26-27-22)18-7-9-20(10-8-18)25-23(29)24-19-5-3-2-4-6-19/h7-12,17,19H,2-6,13-16H2,1H3,(H2,24,25,29). The number of piperidine rings is 1. The number of urea groups is 1. The first-order valence-corrected chi connectivity index (χ1v) is 10.9. The molecule has 2 aromatic rings. The maximum Gasteiger partial charge on any atom is 0.319 e. The van der Waals surface area contributed by atoms with Crippen molar-refractivity contribution in [2.75, 3.05) is 23.3 Å². The number of nitrogens with zero attached hydrogens (tertiary/aromatic N) is 3. The Morgan fingerprint density at radius 1 is 0.931 bits per heavy atom. The number of carbonyl (C=O) groups excluding carboxylic acids is 1. The van der Waals surface area contributed by atoms with Crippen LogP contribution in [-0.2, 0) is 0 Å². The lowest BCUT2D eigenvalue weighted by Crippen LogP contribution is -2.38. The summed E-state index contributed by atoms with van der Waals surface area (Å²) in [5.74, 6) is 1.76. The maximum absolute atomic E-state index is 12.2. The van der Waals surface area contributed by atoms with Crippen LogP contribution in [0, 0.1) is 5.92 Å². The molecular weight excluding hydrogens is 362 g/mol. The van der Waals surface area contributed by atoms with Crippen molar-refractivity contribution in [3.8, 4) is 11.3 Å². The lowest BCUT2D eigenvalue weighted by molar-refractivity contribution is 0.244. The predicted molar refractivity (Wildman–Crippen MR) is 117 cm³/mol. The van der Waals surface area contributed by atoms with Gasteiger partial charge in [0, 0.05) is 30.4 Å². The van der Waals surface area contributed by atoms with Crippen LogP contribution in [0.3, 0.4) is 0 Å². The van der Waals surface area contributed by atoms with Gasteiger partial charge in [0.1, 0.15) is 0 Å². The van der Waals surface area contributed by atoms with E-state index in [2.05, 4.69) is 38.7 Å². The van der Waals surface area contributed by atoms with Crippen molar-refractivity contribution in [1.82, 2.24) is 15.5 Å². The number of rotatable bonds is 4. The normalized spacial score (nSPS) is 18.4. The molecule has 4 rings (SSSR count). The largest absolute Gasteiger partial charge is 0.355 e. The minimum Gasteiger partial charge on any atom is -0.355 e. The van der Waals surface area contributed by atoms with Crippen LogP contribution >= 0.6 is 0 Å². The number of anilines is 2. The van der Waals surface area contributed by atoms with E-state index in [0.29, 0.717) is 6.04 Å². The van der Waals surface area contributed by atoms with E-state index in [0.717, 1.165) is 54.6 Å². The van der Waals surface area contributed by atoms with E-state index in [4.69, 9.17) is 0 Å². The van der Waals surface area contributed by atoms with Crippen LogP contribution in [0.25, 0.3) is 11.3 Å². The molecule has 0 bridgehead atoms. The molecule has 1 saturated carbocycles. The zero-order valence-electron chi connectivity index (χ0n) is 17.2. The zero-order chi connectivity index (χ0) is 20.1. The summed E-state index contributed by atoms with van der Waals surface area (Å²) in [7, 11) is 0. The van der Waals surface area contributed by atoms with Crippen molar-refractivity contribution < 1.29 is 4.79 Å². The lowest BCUT2D eigenvalue weighted by Gasteiger charge is -2.30. The fourth-order valence-electron chi connectivity index (χ4n) is 4.21. The first-order valence-electron chi connectivity index (χ1n) is 10.9. The second-order valence-corrected chi connectivity index (χ2v) is 8.46. The second kappa shape index (κ2) is 9.25. The number of amides is 2. The van der Waals surface area contributed by atoms with Gasteiger partial charge in [0.05, 0.1) is 5.69 Å². The molecule has 2 aliphatic rings. The van der Waals surface area contributed by atoms with Gasteiger partial charge >= 0.3 is 6.03 Å². The number of benzene rings is 1. The molecule has 29 heavy (non-hydrogen) atoms. The first kappa shape index (κ1) is 19.7. The van der Waals surface area contributed by atoms with Crippen molar-refractivity contribution in [3.05, 3.63) is 36.4 Å². The summed E-state index contributed by atoms with van der Waals surface area (Å²) >= 11 is 0. The first-order chi connectivity index (χ1) is 14.2. The van der Waals surface area contributed by atoms with E-state index in [9.17, 15) is 4.79 Å². The number of aromatic nitrogens is 2. The zero-order valence-corrected chi connectivity index (χ0v) is 17.2. The monoisotopic (exact) mass is 393 g/mol. The van der Waals surface area contributed by atoms with Gasteiger partial charge in [-0.25, -0.2) is 4.79 Å². The molecule has 2 amide bonds. The predicted octanol–water partition coefficient (Wildman–Crippen LogP) is 4.83. The van der Waals surface area contributed by atoms with Crippen LogP contribution in [0.2, 0.25) is 0 Å². The quantitative estimate of drug-likeness (QED) is 0.780. The molecule has 6 nitrogen and oxygen atoms in total. The Balaban J connectivity index is 1.33. The summed E-state index contributed by atoms with van der Waals surface area (Å²) in [6.45, 7) is 4.42. The van der Waals surface area contributed by atoms with E-state index in [-0.39, 0.29) is 6.03 Å². The van der Waals surface area contributed by atoms with Crippen molar-refractivity contribution >= 4 is 17.5 Å². The highest BCUT2D eigenvalue weighted by molar-refractivity contribution is 5.89. The SMILES string of the molecule is CC1CCN(c2ccc(-c3ccc(NC(=O)NC4CCCCC4)cc3)nn2)CC1. The van der Waals surface area contributed by atoms with E-state index in [1.54, 1.807) is 0 Å². The fraction of sp³-hybridized carbons (Fsp3) is 0.522. The van der Waals surface area contributed by atoms with Gasteiger partial charge in [-0.1, -0.05) is 38.3 Å². The van der Waals surface area contributed by atoms with E-state index < -0.39 is 0 Å². The summed E-state index contributed by atoms with van der Waals surface area (Å²) in [5.41, 5.74) is 2.63. The number of carbonyl (C=O) groups is 1. The Labute approximate surface area is 173 Å². The molecular formula is C23H31N5O. The highest BCUT2D eigenvalue weighted by Gasteiger charge is 2.18. The van der Waals surface area contributed by atoms with Crippen LogP contribution in [0.15, 0.2) is 36.4 Å². The van der Waals surface area contributed by atoms with E-state index in [1.165, 1.54) is 32.1 Å². The van der Waals surface area contributed by atoms with Crippen molar-refractivity contribution in [2.45, 2.75) is 57.9 Å². The Morgan fingerprint density at radius 3 is 2.31 bits per heavy atom. The van der Waals surface area contributed by atoms with Crippen molar-refractivity contribution in [3.63, 3.8) is 0 Å². The molecule has 0 unspecified atom stereocenters. The molecule has 1 aliphatic heterocycles. The highest BCUT2D eigenvalue weighted by Crippen LogP contribution is 2.24. The molecule has 2 N–H and O–H groups in total. The molecule has 1 aromatic heterocycles. The van der Waals surface area contributed by atoms with Crippen LogP contribution in [-0.4, -0.2) is 35.4 Å². The minimum absolute atomic E-state index is 0.121. The van der Waals surface area contributed by atoms with E-state index in [1.807, 2.05) is 30.3 Å². The molecule has 6 heteroatoms. The molecule has 2 fully saturated rings. The fourth-order valence-corrected chi connectivity index (χ4v) is 4.21. The molecule has 154 valence electrons. The van der Waals surface area contributed by atoms with Gasteiger partial charge in [0.25, 0.3) is 0 Å². The molecule has 1 saturated heterocycles. The number of nitrogens with one attached hydrogen (secondary N) is 2. The molecule has 1 aliphatic carbocycles. The van der Waals surface area contributed by atoms with Crippen molar-refractivity contribution in [2.24, 2.45) is 5.92 Å². The van der Waals surface area contributed by atoms with Crippen LogP contribution in [0.4, 0.5) is 16.3 Å². The van der Waals surface area contributed by atoms with Gasteiger partial charge in [-0.3, -0.25) is 0 Å². The second-order valence-electron chi connectivity index (χ2n) is 8.46. The van der Waals surface area contributed by atoms with Crippen LogP contribution in [0.5, 0.6) is 0 Å². The summed E-state index contributed by atoms with van der Waals surface area (Å²) in [5, 5.41) is 14.9. The minimum atomic E-state index is -0.121. The third kappa shape index (κ3) is 5.25. The molecule has 2 heterocycles.